The van der Waals surface area contributed by atoms with Crippen molar-refractivity contribution in [1.82, 2.24) is 0 Å². The maximum absolute atomic E-state index is 5.09. The SMILES string of the molecule is COCOCC=C[Si](C)(C)C. The average molecular weight is 174 g/mol. The summed E-state index contributed by atoms with van der Waals surface area (Å²) in [6, 6.07) is 0. The van der Waals surface area contributed by atoms with E-state index in [-0.39, 0.29) is 0 Å². The topological polar surface area (TPSA) is 18.5 Å². The molecule has 0 atom stereocenters. The van der Waals surface area contributed by atoms with E-state index < -0.39 is 8.07 Å². The van der Waals surface area contributed by atoms with Crippen LogP contribution in [0.1, 0.15) is 0 Å². The molecule has 0 aliphatic heterocycles. The van der Waals surface area contributed by atoms with Crippen molar-refractivity contribution in [2.75, 3.05) is 20.5 Å². The Bertz CT molecular complexity index is 116. The van der Waals surface area contributed by atoms with Crippen LogP contribution < -0.4 is 0 Å². The van der Waals surface area contributed by atoms with Crippen LogP contribution in [-0.2, 0) is 9.47 Å². The molecule has 66 valence electrons. The van der Waals surface area contributed by atoms with Gasteiger partial charge in [-0.25, -0.2) is 0 Å². The van der Waals surface area contributed by atoms with Crippen LogP contribution in [0.4, 0.5) is 0 Å². The number of hydrogen-bond donors (Lipinski definition) is 0. The van der Waals surface area contributed by atoms with E-state index in [1.165, 1.54) is 0 Å². The molecule has 0 aromatic carbocycles. The highest BCUT2D eigenvalue weighted by Crippen LogP contribution is 2.01. The molecule has 0 unspecified atom stereocenters. The Balaban J connectivity index is 3.30. The van der Waals surface area contributed by atoms with E-state index in [1.54, 1.807) is 7.11 Å². The summed E-state index contributed by atoms with van der Waals surface area (Å²) in [6.07, 6.45) is 2.07. The van der Waals surface area contributed by atoms with Crippen LogP contribution in [0.2, 0.25) is 19.6 Å². The van der Waals surface area contributed by atoms with Crippen molar-refractivity contribution in [2.45, 2.75) is 19.6 Å². The van der Waals surface area contributed by atoms with Gasteiger partial charge < -0.3 is 9.47 Å². The Kier molecular flexibility index (Phi) is 5.46. The zero-order valence-electron chi connectivity index (χ0n) is 7.89. The lowest BCUT2D eigenvalue weighted by Gasteiger charge is -2.07. The van der Waals surface area contributed by atoms with E-state index in [9.17, 15) is 0 Å². The monoisotopic (exact) mass is 174 g/mol. The Morgan fingerprint density at radius 1 is 1.27 bits per heavy atom. The minimum Gasteiger partial charge on any atom is -0.359 e. The minimum absolute atomic E-state index is 0.385. The summed E-state index contributed by atoms with van der Waals surface area (Å²) in [5.74, 6) is 0. The first-order valence-corrected chi connectivity index (χ1v) is 7.38. The Hall–Kier alpha value is -0.123. The molecule has 2 nitrogen and oxygen atoms in total. The molecule has 11 heavy (non-hydrogen) atoms. The lowest BCUT2D eigenvalue weighted by atomic mass is 10.7. The van der Waals surface area contributed by atoms with E-state index in [2.05, 4.69) is 31.4 Å². The molecule has 0 radical (unpaired) electrons. The molecule has 0 aromatic rings. The van der Waals surface area contributed by atoms with Crippen molar-refractivity contribution in [1.29, 1.82) is 0 Å². The first kappa shape index (κ1) is 10.9. The standard InChI is InChI=1S/C8H18O2Si/c1-9-8-10-6-5-7-11(2,3)4/h5,7H,6,8H2,1-4H3. The van der Waals surface area contributed by atoms with E-state index in [4.69, 9.17) is 9.47 Å². The molecule has 0 heterocycles. The van der Waals surface area contributed by atoms with Gasteiger partial charge >= 0.3 is 0 Å². The summed E-state index contributed by atoms with van der Waals surface area (Å²) in [5.41, 5.74) is 2.27. The van der Waals surface area contributed by atoms with Gasteiger partial charge in [-0.05, 0) is 0 Å². The van der Waals surface area contributed by atoms with Crippen molar-refractivity contribution in [2.24, 2.45) is 0 Å². The number of hydrogen-bond acceptors (Lipinski definition) is 2. The number of rotatable bonds is 5. The molecule has 0 saturated carbocycles. The van der Waals surface area contributed by atoms with Crippen LogP contribution in [0.5, 0.6) is 0 Å². The first-order chi connectivity index (χ1) is 5.06. The molecule has 0 bridgehead atoms. The summed E-state index contributed by atoms with van der Waals surface area (Å²) >= 11 is 0. The molecule has 0 fully saturated rings. The van der Waals surface area contributed by atoms with Crippen LogP contribution >= 0.6 is 0 Å². The fourth-order valence-corrected chi connectivity index (χ4v) is 1.40. The van der Waals surface area contributed by atoms with Gasteiger partial charge in [0, 0.05) is 7.11 Å². The van der Waals surface area contributed by atoms with Gasteiger partial charge in [0.15, 0.2) is 0 Å². The molecule has 0 aliphatic carbocycles. The molecule has 0 aliphatic rings. The largest absolute Gasteiger partial charge is 0.359 e. The summed E-state index contributed by atoms with van der Waals surface area (Å²) in [4.78, 5) is 0. The van der Waals surface area contributed by atoms with E-state index in [1.807, 2.05) is 0 Å². The molecule has 0 N–H and O–H groups in total. The predicted molar refractivity (Wildman–Crippen MR) is 50.3 cm³/mol. The molecule has 0 rings (SSSR count). The number of methoxy groups -OCH3 is 1. The molecule has 0 aromatic heterocycles. The molecule has 0 saturated heterocycles. The van der Waals surface area contributed by atoms with Crippen molar-refractivity contribution in [3.8, 4) is 0 Å². The first-order valence-electron chi connectivity index (χ1n) is 3.80. The lowest BCUT2D eigenvalue weighted by molar-refractivity contribution is -0.0186. The second-order valence-corrected chi connectivity index (χ2v) is 8.61. The lowest BCUT2D eigenvalue weighted by Crippen LogP contribution is -2.15. The minimum atomic E-state index is -1.02. The maximum atomic E-state index is 5.09. The average Bonchev–Trinajstić information content (AvgIpc) is 1.85. The molecular formula is C8H18O2Si. The third-order valence-corrected chi connectivity index (χ3v) is 2.27. The third-order valence-electron chi connectivity index (χ3n) is 1.03. The van der Waals surface area contributed by atoms with Crippen molar-refractivity contribution in [3.63, 3.8) is 0 Å². The van der Waals surface area contributed by atoms with Gasteiger partial charge in [-0.3, -0.25) is 0 Å². The third kappa shape index (κ3) is 9.88. The van der Waals surface area contributed by atoms with Gasteiger partial charge in [-0.15, -0.1) is 0 Å². The van der Waals surface area contributed by atoms with Crippen LogP contribution in [0.3, 0.4) is 0 Å². The van der Waals surface area contributed by atoms with Gasteiger partial charge in [-0.1, -0.05) is 31.4 Å². The second kappa shape index (κ2) is 5.52. The summed E-state index contributed by atoms with van der Waals surface area (Å²) < 4.78 is 9.82. The van der Waals surface area contributed by atoms with Gasteiger partial charge in [0.25, 0.3) is 0 Å². The van der Waals surface area contributed by atoms with Crippen molar-refractivity contribution < 1.29 is 9.47 Å². The maximum Gasteiger partial charge on any atom is 0.146 e. The number of ether oxygens (including phenoxy) is 2. The second-order valence-electron chi connectivity index (χ2n) is 3.55. The Labute approximate surface area is 70.2 Å². The van der Waals surface area contributed by atoms with Gasteiger partial charge in [0.05, 0.1) is 14.7 Å². The van der Waals surface area contributed by atoms with Crippen LogP contribution in [-0.4, -0.2) is 28.6 Å². The predicted octanol–water partition coefficient (Wildman–Crippen LogP) is 2.04. The highest BCUT2D eigenvalue weighted by atomic mass is 28.3. The van der Waals surface area contributed by atoms with E-state index >= 15 is 0 Å². The quantitative estimate of drug-likeness (QED) is 0.361. The van der Waals surface area contributed by atoms with Gasteiger partial charge in [0.1, 0.15) is 6.79 Å². The van der Waals surface area contributed by atoms with Gasteiger partial charge in [-0.2, -0.15) is 0 Å². The molecule has 0 spiro atoms. The summed E-state index contributed by atoms with van der Waals surface area (Å²) in [7, 11) is 0.608. The van der Waals surface area contributed by atoms with Gasteiger partial charge in [0.2, 0.25) is 0 Å². The fraction of sp³-hybridized carbons (Fsp3) is 0.750. The summed E-state index contributed by atoms with van der Waals surface area (Å²) in [5, 5.41) is 0. The van der Waals surface area contributed by atoms with Crippen LogP contribution in [0.25, 0.3) is 0 Å². The van der Waals surface area contributed by atoms with Crippen LogP contribution in [0.15, 0.2) is 11.8 Å². The highest BCUT2D eigenvalue weighted by Gasteiger charge is 2.05. The zero-order chi connectivity index (χ0) is 8.74. The van der Waals surface area contributed by atoms with Crippen LogP contribution in [0, 0.1) is 0 Å². The summed E-state index contributed by atoms with van der Waals surface area (Å²) in [6.45, 7) is 7.92. The zero-order valence-corrected chi connectivity index (χ0v) is 8.89. The fourth-order valence-electron chi connectivity index (χ4n) is 0.601. The normalized spacial score (nSPS) is 12.7. The highest BCUT2D eigenvalue weighted by molar-refractivity contribution is 6.80. The molecular weight excluding hydrogens is 156 g/mol. The smallest absolute Gasteiger partial charge is 0.146 e. The van der Waals surface area contributed by atoms with Crippen molar-refractivity contribution >= 4 is 8.07 Å². The molecule has 3 heteroatoms. The Morgan fingerprint density at radius 3 is 2.36 bits per heavy atom. The van der Waals surface area contributed by atoms with Crippen molar-refractivity contribution in [3.05, 3.63) is 11.8 Å². The Morgan fingerprint density at radius 2 is 1.91 bits per heavy atom. The molecule has 0 amide bonds. The van der Waals surface area contributed by atoms with E-state index in [0.717, 1.165) is 0 Å². The van der Waals surface area contributed by atoms with E-state index in [0.29, 0.717) is 13.4 Å².